The van der Waals surface area contributed by atoms with Crippen molar-refractivity contribution in [1.29, 1.82) is 0 Å². The van der Waals surface area contributed by atoms with E-state index in [2.05, 4.69) is 27.8 Å². The van der Waals surface area contributed by atoms with E-state index < -0.39 is 0 Å². The van der Waals surface area contributed by atoms with Gasteiger partial charge in [0.25, 0.3) is 0 Å². The van der Waals surface area contributed by atoms with Gasteiger partial charge in [0.1, 0.15) is 5.75 Å². The summed E-state index contributed by atoms with van der Waals surface area (Å²) in [4.78, 5) is 2.35. The van der Waals surface area contributed by atoms with Crippen LogP contribution in [0.4, 0.5) is 0 Å². The maximum atomic E-state index is 9.13. The maximum absolute atomic E-state index is 9.13. The lowest BCUT2D eigenvalue weighted by molar-refractivity contribution is 0.299. The topological polar surface area (TPSA) is 23.5 Å². The third-order valence-corrected chi connectivity index (χ3v) is 2.55. The highest BCUT2D eigenvalue weighted by Gasteiger charge is 2.02. The lowest BCUT2D eigenvalue weighted by atomic mass is 10.2. The molecule has 14 heavy (non-hydrogen) atoms. The summed E-state index contributed by atoms with van der Waals surface area (Å²) in [6, 6.07) is 7.40. The molecule has 0 bridgehead atoms. The smallest absolute Gasteiger partial charge is 0.115 e. The summed E-state index contributed by atoms with van der Waals surface area (Å²) in [6.07, 6.45) is 0. The van der Waals surface area contributed by atoms with Crippen LogP contribution in [0.25, 0.3) is 0 Å². The number of halogens is 1. The first kappa shape index (κ1) is 11.5. The Morgan fingerprint density at radius 2 is 1.93 bits per heavy atom. The first-order valence-electron chi connectivity index (χ1n) is 4.82. The van der Waals surface area contributed by atoms with Gasteiger partial charge in [0.2, 0.25) is 0 Å². The number of rotatable bonds is 5. The molecule has 2 nitrogen and oxygen atoms in total. The Morgan fingerprint density at radius 1 is 1.29 bits per heavy atom. The quantitative estimate of drug-likeness (QED) is 0.820. The number of phenolic OH excluding ortho intramolecular Hbond substituents is 1. The Bertz CT molecular complexity index is 260. The van der Waals surface area contributed by atoms with Gasteiger partial charge in [0.15, 0.2) is 0 Å². The summed E-state index contributed by atoms with van der Waals surface area (Å²) >= 11 is 3.43. The molecule has 1 aromatic carbocycles. The molecule has 1 N–H and O–H groups in total. The van der Waals surface area contributed by atoms with Crippen molar-refractivity contribution in [2.24, 2.45) is 0 Å². The average molecular weight is 258 g/mol. The molecule has 1 rings (SSSR count). The first-order chi connectivity index (χ1) is 6.76. The third-order valence-electron chi connectivity index (χ3n) is 2.19. The minimum Gasteiger partial charge on any atom is -0.508 e. The fraction of sp³-hybridized carbons (Fsp3) is 0.455. The highest BCUT2D eigenvalue weighted by Crippen LogP contribution is 2.11. The molecular weight excluding hydrogens is 242 g/mol. The number of benzene rings is 1. The number of alkyl halides is 1. The average Bonchev–Trinajstić information content (AvgIpc) is 2.20. The van der Waals surface area contributed by atoms with Gasteiger partial charge in [-0.25, -0.2) is 0 Å². The van der Waals surface area contributed by atoms with Gasteiger partial charge in [-0.2, -0.15) is 0 Å². The largest absolute Gasteiger partial charge is 0.508 e. The second-order valence-electron chi connectivity index (χ2n) is 3.22. The van der Waals surface area contributed by atoms with Crippen molar-refractivity contribution in [3.63, 3.8) is 0 Å². The summed E-state index contributed by atoms with van der Waals surface area (Å²) < 4.78 is 0. The van der Waals surface area contributed by atoms with E-state index in [1.807, 2.05) is 12.1 Å². The monoisotopic (exact) mass is 257 g/mol. The molecule has 78 valence electrons. The van der Waals surface area contributed by atoms with Gasteiger partial charge in [-0.15, -0.1) is 0 Å². The van der Waals surface area contributed by atoms with Gasteiger partial charge < -0.3 is 5.11 Å². The van der Waals surface area contributed by atoms with Crippen molar-refractivity contribution in [3.8, 4) is 5.75 Å². The molecule has 0 aliphatic carbocycles. The summed E-state index contributed by atoms with van der Waals surface area (Å²) in [6.45, 7) is 5.20. The van der Waals surface area contributed by atoms with E-state index in [-0.39, 0.29) is 0 Å². The Kier molecular flexibility index (Phi) is 4.98. The maximum Gasteiger partial charge on any atom is 0.115 e. The van der Waals surface area contributed by atoms with Gasteiger partial charge in [0, 0.05) is 18.4 Å². The van der Waals surface area contributed by atoms with Gasteiger partial charge in [-0.05, 0) is 24.2 Å². The van der Waals surface area contributed by atoms with Crippen LogP contribution in [0, 0.1) is 0 Å². The van der Waals surface area contributed by atoms with Crippen molar-refractivity contribution >= 4 is 15.9 Å². The lowest BCUT2D eigenvalue weighted by Crippen LogP contribution is -2.24. The molecule has 0 unspecified atom stereocenters. The number of aromatic hydroxyl groups is 1. The Labute approximate surface area is 93.7 Å². The lowest BCUT2D eigenvalue weighted by Gasteiger charge is -2.18. The van der Waals surface area contributed by atoms with Gasteiger partial charge >= 0.3 is 0 Å². The Hall–Kier alpha value is -0.540. The van der Waals surface area contributed by atoms with E-state index in [1.165, 1.54) is 5.56 Å². The second-order valence-corrected chi connectivity index (χ2v) is 4.02. The Morgan fingerprint density at radius 3 is 2.43 bits per heavy atom. The molecule has 0 spiro atoms. The van der Waals surface area contributed by atoms with Crippen molar-refractivity contribution in [1.82, 2.24) is 4.90 Å². The van der Waals surface area contributed by atoms with Crippen LogP contribution < -0.4 is 0 Å². The minimum atomic E-state index is 0.331. The van der Waals surface area contributed by atoms with Gasteiger partial charge in [0.05, 0.1) is 0 Å². The number of hydrogen-bond acceptors (Lipinski definition) is 2. The van der Waals surface area contributed by atoms with Crippen molar-refractivity contribution in [2.45, 2.75) is 13.5 Å². The molecule has 3 heteroatoms. The molecule has 0 aromatic heterocycles. The molecule has 0 atom stereocenters. The van der Waals surface area contributed by atoms with E-state index in [0.717, 1.165) is 25.0 Å². The summed E-state index contributed by atoms with van der Waals surface area (Å²) in [5, 5.41) is 10.1. The zero-order valence-electron chi connectivity index (χ0n) is 8.41. The zero-order chi connectivity index (χ0) is 10.4. The molecule has 0 fully saturated rings. The van der Waals surface area contributed by atoms with Crippen LogP contribution in [-0.2, 0) is 6.54 Å². The first-order valence-corrected chi connectivity index (χ1v) is 5.94. The number of hydrogen-bond donors (Lipinski definition) is 1. The molecule has 1 aromatic rings. The van der Waals surface area contributed by atoms with Gasteiger partial charge in [-0.1, -0.05) is 35.0 Å². The van der Waals surface area contributed by atoms with E-state index >= 15 is 0 Å². The van der Waals surface area contributed by atoms with Crippen molar-refractivity contribution in [3.05, 3.63) is 29.8 Å². The van der Waals surface area contributed by atoms with Crippen molar-refractivity contribution in [2.75, 3.05) is 18.4 Å². The number of nitrogens with zero attached hydrogens (tertiary/aromatic N) is 1. The van der Waals surface area contributed by atoms with Crippen LogP contribution >= 0.6 is 15.9 Å². The van der Waals surface area contributed by atoms with Gasteiger partial charge in [-0.3, -0.25) is 4.90 Å². The summed E-state index contributed by atoms with van der Waals surface area (Å²) in [5.74, 6) is 0.331. The summed E-state index contributed by atoms with van der Waals surface area (Å²) in [5.41, 5.74) is 1.24. The minimum absolute atomic E-state index is 0.331. The molecule has 0 saturated heterocycles. The normalized spacial score (nSPS) is 10.8. The van der Waals surface area contributed by atoms with E-state index in [4.69, 9.17) is 5.11 Å². The van der Waals surface area contributed by atoms with Crippen LogP contribution in [0.5, 0.6) is 5.75 Å². The van der Waals surface area contributed by atoms with E-state index in [0.29, 0.717) is 5.75 Å². The molecule has 0 aliphatic heterocycles. The SMILES string of the molecule is CCN(CCBr)Cc1ccc(O)cc1. The predicted octanol–water partition coefficient (Wildman–Crippen LogP) is 2.61. The Balaban J connectivity index is 2.53. The molecular formula is C11H16BrNO. The molecule has 0 saturated carbocycles. The fourth-order valence-corrected chi connectivity index (χ4v) is 1.83. The van der Waals surface area contributed by atoms with Crippen LogP contribution in [0.3, 0.4) is 0 Å². The van der Waals surface area contributed by atoms with Crippen LogP contribution in [0.2, 0.25) is 0 Å². The predicted molar refractivity (Wildman–Crippen MR) is 62.9 cm³/mol. The highest BCUT2D eigenvalue weighted by molar-refractivity contribution is 9.09. The van der Waals surface area contributed by atoms with Crippen LogP contribution in [0.1, 0.15) is 12.5 Å². The zero-order valence-corrected chi connectivity index (χ0v) is 10.00. The standard InChI is InChI=1S/C11H16BrNO/c1-2-13(8-7-12)9-10-3-5-11(14)6-4-10/h3-6,14H,2,7-9H2,1H3. The molecule has 0 amide bonds. The van der Waals surface area contributed by atoms with Crippen LogP contribution in [0.15, 0.2) is 24.3 Å². The third kappa shape index (κ3) is 3.68. The molecule has 0 radical (unpaired) electrons. The van der Waals surface area contributed by atoms with Crippen molar-refractivity contribution < 1.29 is 5.11 Å². The number of phenols is 1. The van der Waals surface area contributed by atoms with E-state index in [1.54, 1.807) is 12.1 Å². The second kappa shape index (κ2) is 6.04. The summed E-state index contributed by atoms with van der Waals surface area (Å²) in [7, 11) is 0. The molecule has 0 aliphatic rings. The van der Waals surface area contributed by atoms with Crippen LogP contribution in [-0.4, -0.2) is 28.4 Å². The van der Waals surface area contributed by atoms with E-state index in [9.17, 15) is 0 Å². The molecule has 0 heterocycles. The highest BCUT2D eigenvalue weighted by atomic mass is 79.9. The fourth-order valence-electron chi connectivity index (χ4n) is 1.33.